The molecule has 0 aliphatic carbocycles. The van der Waals surface area contributed by atoms with E-state index in [0.717, 1.165) is 27.9 Å². The van der Waals surface area contributed by atoms with E-state index in [4.69, 9.17) is 16.2 Å². The van der Waals surface area contributed by atoms with Crippen LogP contribution in [0.2, 0.25) is 0 Å². The van der Waals surface area contributed by atoms with Crippen molar-refractivity contribution >= 4 is 41.5 Å². The molecule has 318 valence electrons. The predicted molar refractivity (Wildman–Crippen MR) is 213 cm³/mol. The lowest BCUT2D eigenvalue weighted by atomic mass is 10.0. The molecular formula is C38H48N8O12S. The second-order valence-electron chi connectivity index (χ2n) is 13.8. The number of nitrogens with one attached hydrogen (secondary N) is 3. The smallest absolute Gasteiger partial charge is 0.331 e. The van der Waals surface area contributed by atoms with Gasteiger partial charge in [0.15, 0.2) is 0 Å². The number of aliphatic carboxylic acids is 1. The number of urea groups is 1. The number of benzene rings is 2. The number of imide groups is 1. The Bertz CT molecular complexity index is 2130. The summed E-state index contributed by atoms with van der Waals surface area (Å²) in [7, 11) is 1.30. The number of amides is 5. The molecule has 21 heteroatoms. The Morgan fingerprint density at radius 2 is 1.68 bits per heavy atom. The fourth-order valence-corrected chi connectivity index (χ4v) is 6.57. The van der Waals surface area contributed by atoms with Crippen LogP contribution in [0.4, 0.5) is 4.79 Å². The number of hydrogen-bond donors (Lipinski definition) is 9. The van der Waals surface area contributed by atoms with Gasteiger partial charge in [-0.25, -0.2) is 14.4 Å². The third kappa shape index (κ3) is 11.8. The first-order valence-electron chi connectivity index (χ1n) is 18.2. The average Bonchev–Trinajstić information content (AvgIpc) is 3.58. The largest absolute Gasteiger partial charge is 0.508 e. The number of nitrogens with zero attached hydrogens (tertiary/aromatic N) is 3. The highest BCUT2D eigenvalue weighted by Crippen LogP contribution is 2.31. The van der Waals surface area contributed by atoms with Crippen molar-refractivity contribution in [1.82, 2.24) is 30.0 Å². The third-order valence-electron chi connectivity index (χ3n) is 9.58. The number of ether oxygens (including phenoxy) is 1. The molecule has 0 saturated carbocycles. The SMILES string of the molecule is CSCCC(NC(=O)NC(Cc1cccc(O)c1)C(=O)O)C(=O)N(/C=C1\CC(O)C(n2ccc(=O)[nH]c2=O)O1)C(=O)C(N)C(C)N(C)C(=O)C(N)C(O)c1ccccc1. The summed E-state index contributed by atoms with van der Waals surface area (Å²) < 4.78 is 6.69. The van der Waals surface area contributed by atoms with Gasteiger partial charge in [-0.15, -0.1) is 0 Å². The minimum atomic E-state index is -1.66. The van der Waals surface area contributed by atoms with Crippen molar-refractivity contribution < 1.29 is 49.1 Å². The van der Waals surface area contributed by atoms with Crippen molar-refractivity contribution in [2.45, 2.75) is 74.8 Å². The summed E-state index contributed by atoms with van der Waals surface area (Å²) in [4.78, 5) is 95.4. The Balaban J connectivity index is 1.65. The van der Waals surface area contributed by atoms with Crippen molar-refractivity contribution in [3.8, 4) is 5.75 Å². The number of carboxylic acids is 1. The number of hydrogen-bond acceptors (Lipinski definition) is 14. The number of rotatable bonds is 17. The molecule has 59 heavy (non-hydrogen) atoms. The molecular weight excluding hydrogens is 793 g/mol. The Morgan fingerprint density at radius 1 is 1.00 bits per heavy atom. The van der Waals surface area contributed by atoms with Crippen LogP contribution in [0.3, 0.4) is 0 Å². The van der Waals surface area contributed by atoms with Gasteiger partial charge >= 0.3 is 17.7 Å². The maximum atomic E-state index is 14.4. The number of phenols is 1. The van der Waals surface area contributed by atoms with Crippen molar-refractivity contribution in [2.24, 2.45) is 11.5 Å². The number of nitrogens with two attached hydrogens (primary N) is 2. The lowest BCUT2D eigenvalue weighted by Crippen LogP contribution is -2.60. The molecule has 0 spiro atoms. The molecule has 11 N–H and O–H groups in total. The van der Waals surface area contributed by atoms with Gasteiger partial charge in [0, 0.05) is 32.2 Å². The lowest BCUT2D eigenvalue weighted by Gasteiger charge is -2.34. The highest BCUT2D eigenvalue weighted by molar-refractivity contribution is 7.98. The minimum absolute atomic E-state index is 0.0844. The maximum Gasteiger partial charge on any atom is 0.331 e. The number of aromatic amines is 1. The van der Waals surface area contributed by atoms with Gasteiger partial charge in [0.2, 0.25) is 12.1 Å². The van der Waals surface area contributed by atoms with Crippen LogP contribution in [-0.4, -0.2) is 125 Å². The zero-order valence-corrected chi connectivity index (χ0v) is 33.2. The van der Waals surface area contributed by atoms with Crippen LogP contribution in [0.25, 0.3) is 0 Å². The van der Waals surface area contributed by atoms with Gasteiger partial charge in [-0.05, 0) is 48.6 Å². The first-order valence-corrected chi connectivity index (χ1v) is 19.6. The molecule has 1 aliphatic heterocycles. The molecule has 0 bridgehead atoms. The van der Waals surface area contributed by atoms with Crippen molar-refractivity contribution in [2.75, 3.05) is 19.1 Å². The van der Waals surface area contributed by atoms with Crippen LogP contribution in [0.1, 0.15) is 43.2 Å². The van der Waals surface area contributed by atoms with Crippen LogP contribution < -0.4 is 33.3 Å². The van der Waals surface area contributed by atoms with Crippen molar-refractivity contribution in [3.05, 3.63) is 111 Å². The number of carboxylic acid groups (broad SMARTS) is 1. The number of aromatic hydroxyl groups is 1. The van der Waals surface area contributed by atoms with Crippen LogP contribution in [0, 0.1) is 0 Å². The molecule has 8 atom stereocenters. The van der Waals surface area contributed by atoms with Crippen LogP contribution >= 0.6 is 11.8 Å². The second kappa shape index (κ2) is 20.6. The zero-order valence-electron chi connectivity index (χ0n) is 32.3. The number of phenolic OH excluding ortho intramolecular Hbond substituents is 1. The van der Waals surface area contributed by atoms with E-state index < -0.39 is 89.6 Å². The molecule has 2 aromatic carbocycles. The highest BCUT2D eigenvalue weighted by atomic mass is 32.2. The highest BCUT2D eigenvalue weighted by Gasteiger charge is 2.40. The number of carbonyl (C=O) groups excluding carboxylic acids is 4. The Morgan fingerprint density at radius 3 is 2.31 bits per heavy atom. The molecule has 3 aromatic rings. The average molecular weight is 841 g/mol. The van der Waals surface area contributed by atoms with E-state index in [1.54, 1.807) is 42.7 Å². The van der Waals surface area contributed by atoms with Crippen LogP contribution in [0.5, 0.6) is 5.75 Å². The number of thioether (sulfide) groups is 1. The minimum Gasteiger partial charge on any atom is -0.508 e. The van der Waals surface area contributed by atoms with Gasteiger partial charge in [0.25, 0.3) is 17.4 Å². The van der Waals surface area contributed by atoms with E-state index in [-0.39, 0.29) is 36.5 Å². The Labute approximate surface area is 341 Å². The zero-order chi connectivity index (χ0) is 43.6. The molecule has 1 fully saturated rings. The van der Waals surface area contributed by atoms with Crippen LogP contribution in [0.15, 0.2) is 88.4 Å². The molecule has 1 aliphatic rings. The molecule has 8 unspecified atom stereocenters. The van der Waals surface area contributed by atoms with E-state index in [1.165, 1.54) is 43.9 Å². The molecule has 5 amide bonds. The first-order chi connectivity index (χ1) is 27.9. The fraction of sp³-hybridized carbons (Fsp3) is 0.395. The number of likely N-dealkylation sites (N-methyl/N-ethyl adjacent to an activating group) is 1. The van der Waals surface area contributed by atoms with Crippen LogP contribution in [-0.2, 0) is 30.3 Å². The van der Waals surface area contributed by atoms with Gasteiger partial charge in [-0.1, -0.05) is 42.5 Å². The molecule has 1 saturated heterocycles. The van der Waals surface area contributed by atoms with E-state index in [9.17, 15) is 54.0 Å². The quantitative estimate of drug-likeness (QED) is 0.0793. The predicted octanol–water partition coefficient (Wildman–Crippen LogP) is -0.929. The van der Waals surface area contributed by atoms with E-state index in [2.05, 4.69) is 10.6 Å². The number of carbonyl (C=O) groups is 5. The molecule has 1 aromatic heterocycles. The number of aliphatic hydroxyl groups excluding tert-OH is 2. The lowest BCUT2D eigenvalue weighted by molar-refractivity contribution is -0.145. The summed E-state index contributed by atoms with van der Waals surface area (Å²) in [6, 6.07) is 6.53. The number of aromatic nitrogens is 2. The Hall–Kier alpha value is -6.00. The normalized spacial score (nSPS) is 18.7. The summed E-state index contributed by atoms with van der Waals surface area (Å²) in [5, 5.41) is 46.1. The van der Waals surface area contributed by atoms with Gasteiger partial charge in [0.05, 0.1) is 12.2 Å². The third-order valence-corrected chi connectivity index (χ3v) is 10.2. The monoisotopic (exact) mass is 840 g/mol. The molecule has 2 heterocycles. The summed E-state index contributed by atoms with van der Waals surface area (Å²) >= 11 is 1.29. The summed E-state index contributed by atoms with van der Waals surface area (Å²) in [5.41, 5.74) is 11.7. The second-order valence-corrected chi connectivity index (χ2v) is 14.7. The summed E-state index contributed by atoms with van der Waals surface area (Å²) in [6.45, 7) is 1.40. The standard InChI is InChI=1S/C38H48N8O12S/c1-20(44(2)33(52)30(40)31(50)22-9-5-4-6-10-22)29(39)34(53)46(19-24-18-27(48)35(58-24)45-14-12-28(49)43-38(45)57)32(51)25(13-15-59-3)41-37(56)42-26(36(54)55)17-21-8-7-11-23(47)16-21/h4-12,14,16,19-20,25-27,29-31,35,47-48,50H,13,15,17-18,39-40H2,1-3H3,(H,54,55)(H2,41,42,56)(H,43,49,57)/b24-19+. The Kier molecular flexibility index (Phi) is 16.0. The number of aliphatic hydroxyl groups is 2. The van der Waals surface area contributed by atoms with Crippen molar-refractivity contribution in [3.63, 3.8) is 0 Å². The fourth-order valence-electron chi connectivity index (χ4n) is 6.10. The van der Waals surface area contributed by atoms with Gasteiger partial charge in [0.1, 0.15) is 47.9 Å². The van der Waals surface area contributed by atoms with Gasteiger partial charge in [-0.2, -0.15) is 11.8 Å². The number of H-pyrrole nitrogens is 1. The molecule has 0 radical (unpaired) electrons. The first kappa shape index (κ1) is 45.7. The molecule has 20 nitrogen and oxygen atoms in total. The van der Waals surface area contributed by atoms with Crippen molar-refractivity contribution in [1.29, 1.82) is 0 Å². The molecule has 4 rings (SSSR count). The van der Waals surface area contributed by atoms with E-state index >= 15 is 0 Å². The summed E-state index contributed by atoms with van der Waals surface area (Å²) in [5.74, 6) is -4.44. The maximum absolute atomic E-state index is 14.4. The van der Waals surface area contributed by atoms with E-state index in [0.29, 0.717) is 16.0 Å². The van der Waals surface area contributed by atoms with Gasteiger partial charge in [-0.3, -0.25) is 33.6 Å². The van der Waals surface area contributed by atoms with Gasteiger partial charge < -0.3 is 52.2 Å². The topological polar surface area (TPSA) is 313 Å². The summed E-state index contributed by atoms with van der Waals surface area (Å²) in [6.07, 6.45) is -1.17. The van der Waals surface area contributed by atoms with E-state index in [1.807, 2.05) is 4.98 Å².